The summed E-state index contributed by atoms with van der Waals surface area (Å²) < 4.78 is 5.82. The molecule has 0 aromatic heterocycles. The van der Waals surface area contributed by atoms with Crippen molar-refractivity contribution in [1.29, 1.82) is 0 Å². The normalized spacial score (nSPS) is 25.2. The lowest BCUT2D eigenvalue weighted by Gasteiger charge is -2.19. The summed E-state index contributed by atoms with van der Waals surface area (Å²) in [5, 5.41) is 4.07. The molecule has 1 N–H and O–H groups in total. The largest absolute Gasteiger partial charge is 0.352 e. The zero-order chi connectivity index (χ0) is 10.2. The maximum absolute atomic E-state index is 6.09. The van der Waals surface area contributed by atoms with Crippen molar-refractivity contribution in [3.05, 3.63) is 34.9 Å². The second kappa shape index (κ2) is 3.54. The summed E-state index contributed by atoms with van der Waals surface area (Å²) in [5.41, 5.74) is 0.816. The highest BCUT2D eigenvalue weighted by Crippen LogP contribution is 2.32. The highest BCUT2D eigenvalue weighted by molar-refractivity contribution is 6.31. The molecule has 0 spiro atoms. The van der Waals surface area contributed by atoms with Crippen molar-refractivity contribution < 1.29 is 4.74 Å². The van der Waals surface area contributed by atoms with Gasteiger partial charge in [-0.15, -0.1) is 0 Å². The first-order chi connectivity index (χ1) is 6.58. The number of hydrogen-bond donors (Lipinski definition) is 1. The molecule has 1 aromatic rings. The van der Waals surface area contributed by atoms with E-state index in [1.165, 1.54) is 0 Å². The quantitative estimate of drug-likeness (QED) is 0.772. The van der Waals surface area contributed by atoms with Gasteiger partial charge in [-0.05, 0) is 19.9 Å². The Bertz CT molecular complexity index is 338. The molecule has 76 valence electrons. The first-order valence-electron chi connectivity index (χ1n) is 4.76. The third kappa shape index (κ3) is 1.92. The fourth-order valence-electron chi connectivity index (χ4n) is 1.69. The van der Waals surface area contributed by atoms with Gasteiger partial charge < -0.3 is 4.74 Å². The van der Waals surface area contributed by atoms with E-state index in [1.54, 1.807) is 0 Å². The Labute approximate surface area is 89.2 Å². The summed E-state index contributed by atoms with van der Waals surface area (Å²) in [7, 11) is 0. The Morgan fingerprint density at radius 3 is 2.71 bits per heavy atom. The van der Waals surface area contributed by atoms with Gasteiger partial charge in [0, 0.05) is 17.1 Å². The number of benzene rings is 1. The smallest absolute Gasteiger partial charge is 0.114 e. The van der Waals surface area contributed by atoms with Gasteiger partial charge in [-0.25, -0.2) is 0 Å². The van der Waals surface area contributed by atoms with E-state index >= 15 is 0 Å². The summed E-state index contributed by atoms with van der Waals surface area (Å²) in [6.07, 6.45) is 0.0682. The second-order valence-corrected chi connectivity index (χ2v) is 4.43. The standard InChI is InChI=1S/C11H14ClNO/c1-11(2)13-7-10(14-11)8-5-3-4-6-9(8)12/h3-6,10,13H,7H2,1-2H3. The van der Waals surface area contributed by atoms with E-state index in [-0.39, 0.29) is 11.8 Å². The third-order valence-corrected chi connectivity index (χ3v) is 2.75. The van der Waals surface area contributed by atoms with E-state index in [4.69, 9.17) is 16.3 Å². The van der Waals surface area contributed by atoms with Crippen LogP contribution in [0.5, 0.6) is 0 Å². The Morgan fingerprint density at radius 1 is 1.43 bits per heavy atom. The molecule has 0 amide bonds. The summed E-state index contributed by atoms with van der Waals surface area (Å²) in [4.78, 5) is 0. The molecule has 0 radical (unpaired) electrons. The van der Waals surface area contributed by atoms with Crippen LogP contribution >= 0.6 is 11.6 Å². The van der Waals surface area contributed by atoms with Crippen LogP contribution in [0.15, 0.2) is 24.3 Å². The molecule has 0 aliphatic carbocycles. The van der Waals surface area contributed by atoms with Crippen LogP contribution < -0.4 is 5.32 Å². The molecule has 1 atom stereocenters. The van der Waals surface area contributed by atoms with E-state index in [1.807, 2.05) is 38.1 Å². The minimum Gasteiger partial charge on any atom is -0.352 e. The van der Waals surface area contributed by atoms with Crippen LogP contribution in [0.4, 0.5) is 0 Å². The predicted molar refractivity (Wildman–Crippen MR) is 57.4 cm³/mol. The zero-order valence-electron chi connectivity index (χ0n) is 8.38. The third-order valence-electron chi connectivity index (χ3n) is 2.40. The van der Waals surface area contributed by atoms with Crippen LogP contribution in [0.1, 0.15) is 25.5 Å². The average Bonchev–Trinajstić information content (AvgIpc) is 2.47. The molecule has 2 nitrogen and oxygen atoms in total. The van der Waals surface area contributed by atoms with Gasteiger partial charge in [0.15, 0.2) is 0 Å². The minimum absolute atomic E-state index is 0.0682. The predicted octanol–water partition coefficient (Wildman–Crippen LogP) is 2.74. The first-order valence-corrected chi connectivity index (χ1v) is 5.13. The molecule has 1 unspecified atom stereocenters. The second-order valence-electron chi connectivity index (χ2n) is 4.02. The molecule has 1 heterocycles. The lowest BCUT2D eigenvalue weighted by Crippen LogP contribution is -2.33. The monoisotopic (exact) mass is 211 g/mol. The van der Waals surface area contributed by atoms with Crippen LogP contribution in [0.3, 0.4) is 0 Å². The van der Waals surface area contributed by atoms with Crippen molar-refractivity contribution in [2.45, 2.75) is 25.7 Å². The molecule has 14 heavy (non-hydrogen) atoms. The number of nitrogens with one attached hydrogen (secondary N) is 1. The highest BCUT2D eigenvalue weighted by Gasteiger charge is 2.32. The summed E-state index contributed by atoms with van der Waals surface area (Å²) >= 11 is 6.09. The van der Waals surface area contributed by atoms with E-state index in [0.717, 1.165) is 17.1 Å². The van der Waals surface area contributed by atoms with Gasteiger partial charge in [0.05, 0.1) is 6.10 Å². The molecule has 1 saturated heterocycles. The van der Waals surface area contributed by atoms with Crippen LogP contribution in [0, 0.1) is 0 Å². The fraction of sp³-hybridized carbons (Fsp3) is 0.455. The van der Waals surface area contributed by atoms with Gasteiger partial charge in [-0.1, -0.05) is 29.8 Å². The Hall–Kier alpha value is -0.570. The molecule has 3 heteroatoms. The van der Waals surface area contributed by atoms with E-state index in [2.05, 4.69) is 5.32 Å². The van der Waals surface area contributed by atoms with E-state index < -0.39 is 0 Å². The Balaban J connectivity index is 2.22. The number of rotatable bonds is 1. The molecule has 0 bridgehead atoms. The molecule has 1 aromatic carbocycles. The molecular formula is C11H14ClNO. The van der Waals surface area contributed by atoms with Gasteiger partial charge in [-0.2, -0.15) is 0 Å². The zero-order valence-corrected chi connectivity index (χ0v) is 9.14. The van der Waals surface area contributed by atoms with Crippen LogP contribution in [0.2, 0.25) is 5.02 Å². The van der Waals surface area contributed by atoms with Crippen molar-refractivity contribution in [2.75, 3.05) is 6.54 Å². The maximum atomic E-state index is 6.09. The van der Waals surface area contributed by atoms with Crippen LogP contribution in [-0.2, 0) is 4.74 Å². The van der Waals surface area contributed by atoms with Gasteiger partial charge >= 0.3 is 0 Å². The minimum atomic E-state index is -0.246. The molecule has 1 aliphatic rings. The van der Waals surface area contributed by atoms with Crippen LogP contribution in [-0.4, -0.2) is 12.3 Å². The van der Waals surface area contributed by atoms with Crippen molar-refractivity contribution in [2.24, 2.45) is 0 Å². The summed E-state index contributed by atoms with van der Waals surface area (Å²) in [6.45, 7) is 4.85. The lowest BCUT2D eigenvalue weighted by atomic mass is 10.1. The number of ether oxygens (including phenoxy) is 1. The van der Waals surface area contributed by atoms with Crippen molar-refractivity contribution in [1.82, 2.24) is 5.32 Å². The van der Waals surface area contributed by atoms with Gasteiger partial charge in [0.1, 0.15) is 5.72 Å². The molecule has 1 fully saturated rings. The lowest BCUT2D eigenvalue weighted by molar-refractivity contribution is -0.0240. The van der Waals surface area contributed by atoms with E-state index in [0.29, 0.717) is 0 Å². The molecule has 0 saturated carbocycles. The SMILES string of the molecule is CC1(C)NCC(c2ccccc2Cl)O1. The van der Waals surface area contributed by atoms with Crippen LogP contribution in [0.25, 0.3) is 0 Å². The average molecular weight is 212 g/mol. The Kier molecular flexibility index (Phi) is 2.52. The fourth-order valence-corrected chi connectivity index (χ4v) is 1.94. The highest BCUT2D eigenvalue weighted by atomic mass is 35.5. The maximum Gasteiger partial charge on any atom is 0.114 e. The summed E-state index contributed by atoms with van der Waals surface area (Å²) in [6, 6.07) is 7.82. The van der Waals surface area contributed by atoms with E-state index in [9.17, 15) is 0 Å². The number of hydrogen-bond acceptors (Lipinski definition) is 2. The Morgan fingerprint density at radius 2 is 2.14 bits per heavy atom. The van der Waals surface area contributed by atoms with Gasteiger partial charge in [0.25, 0.3) is 0 Å². The van der Waals surface area contributed by atoms with Gasteiger partial charge in [-0.3, -0.25) is 5.32 Å². The topological polar surface area (TPSA) is 21.3 Å². The number of halogens is 1. The molecular weight excluding hydrogens is 198 g/mol. The van der Waals surface area contributed by atoms with Gasteiger partial charge in [0.2, 0.25) is 0 Å². The molecule has 1 aliphatic heterocycles. The van der Waals surface area contributed by atoms with Crippen molar-refractivity contribution in [3.8, 4) is 0 Å². The first kappa shape index (κ1) is 9.97. The summed E-state index contributed by atoms with van der Waals surface area (Å²) in [5.74, 6) is 0. The van der Waals surface area contributed by atoms with Crippen molar-refractivity contribution in [3.63, 3.8) is 0 Å². The molecule has 2 rings (SSSR count). The van der Waals surface area contributed by atoms with Crippen molar-refractivity contribution >= 4 is 11.6 Å².